The van der Waals surface area contributed by atoms with Gasteiger partial charge >= 0.3 is 0 Å². The summed E-state index contributed by atoms with van der Waals surface area (Å²) in [6.07, 6.45) is 3.75. The maximum Gasteiger partial charge on any atom is 0.0494 e. The van der Waals surface area contributed by atoms with Crippen LogP contribution in [0, 0.1) is 0 Å². The Morgan fingerprint density at radius 2 is 1.48 bits per heavy atom. The van der Waals surface area contributed by atoms with Crippen LogP contribution in [-0.2, 0) is 0 Å². The van der Waals surface area contributed by atoms with Gasteiger partial charge in [-0.05, 0) is 49.7 Å². The van der Waals surface area contributed by atoms with Crippen molar-refractivity contribution in [3.05, 3.63) is 45.3 Å². The van der Waals surface area contributed by atoms with Crippen LogP contribution in [0.25, 0.3) is 21.8 Å². The quantitative estimate of drug-likeness (QED) is 0.434. The Morgan fingerprint density at radius 3 is 1.95 bits per heavy atom. The summed E-state index contributed by atoms with van der Waals surface area (Å²) >= 11 is 7.21. The van der Waals surface area contributed by atoms with Gasteiger partial charge in [0.25, 0.3) is 0 Å². The van der Waals surface area contributed by atoms with Gasteiger partial charge in [-0.25, -0.2) is 0 Å². The maximum atomic E-state index is 3.60. The zero-order valence-corrected chi connectivity index (χ0v) is 15.5. The van der Waals surface area contributed by atoms with Gasteiger partial charge < -0.3 is 4.57 Å². The predicted octanol–water partition coefficient (Wildman–Crippen LogP) is 7.07. The third kappa shape index (κ3) is 2.78. The molecule has 110 valence electrons. The zero-order chi connectivity index (χ0) is 15.0. The molecular weight excluding hydrogens is 390 g/mol. The molecule has 0 aliphatic heterocycles. The van der Waals surface area contributed by atoms with E-state index in [2.05, 4.69) is 86.7 Å². The lowest BCUT2D eigenvalue weighted by atomic mass is 10.1. The van der Waals surface area contributed by atoms with Gasteiger partial charge in [-0.3, -0.25) is 0 Å². The van der Waals surface area contributed by atoms with Crippen molar-refractivity contribution in [3.63, 3.8) is 0 Å². The Hall–Kier alpha value is -0.800. The predicted molar refractivity (Wildman–Crippen MR) is 99.1 cm³/mol. The lowest BCUT2D eigenvalue weighted by molar-refractivity contribution is 0.509. The molecule has 1 unspecified atom stereocenters. The Labute approximate surface area is 142 Å². The summed E-state index contributed by atoms with van der Waals surface area (Å²) in [5.74, 6) is 0. The van der Waals surface area contributed by atoms with Crippen molar-refractivity contribution < 1.29 is 0 Å². The summed E-state index contributed by atoms with van der Waals surface area (Å²) in [6, 6.07) is 13.7. The minimum atomic E-state index is 0.521. The van der Waals surface area contributed by atoms with Crippen LogP contribution in [0.1, 0.15) is 39.2 Å². The van der Waals surface area contributed by atoms with Gasteiger partial charge in [0, 0.05) is 36.8 Å². The van der Waals surface area contributed by atoms with E-state index in [9.17, 15) is 0 Å². The number of fused-ring (bicyclic) bond motifs is 3. The number of halogens is 2. The highest BCUT2D eigenvalue weighted by molar-refractivity contribution is 9.10. The number of nitrogens with zero attached hydrogens (tertiary/aromatic N) is 1. The van der Waals surface area contributed by atoms with E-state index in [0.717, 1.165) is 8.95 Å². The summed E-state index contributed by atoms with van der Waals surface area (Å²) in [4.78, 5) is 0. The first-order chi connectivity index (χ1) is 10.1. The van der Waals surface area contributed by atoms with Crippen LogP contribution in [0.4, 0.5) is 0 Å². The number of unbranched alkanes of at least 4 members (excludes halogenated alkanes) is 1. The van der Waals surface area contributed by atoms with E-state index in [1.165, 1.54) is 41.1 Å². The number of benzene rings is 2. The molecule has 0 fully saturated rings. The number of rotatable bonds is 4. The molecule has 0 spiro atoms. The van der Waals surface area contributed by atoms with Gasteiger partial charge in [0.05, 0.1) is 0 Å². The van der Waals surface area contributed by atoms with E-state index >= 15 is 0 Å². The van der Waals surface area contributed by atoms with Crippen molar-refractivity contribution in [2.75, 3.05) is 0 Å². The second-order valence-electron chi connectivity index (χ2n) is 5.68. The molecule has 0 radical (unpaired) electrons. The maximum absolute atomic E-state index is 3.60. The average molecular weight is 409 g/mol. The van der Waals surface area contributed by atoms with Gasteiger partial charge in [0.2, 0.25) is 0 Å². The van der Waals surface area contributed by atoms with Crippen molar-refractivity contribution in [1.82, 2.24) is 4.57 Å². The lowest BCUT2D eigenvalue weighted by Crippen LogP contribution is -2.04. The minimum absolute atomic E-state index is 0.521. The Balaban J connectivity index is 2.29. The largest absolute Gasteiger partial charge is 0.338 e. The van der Waals surface area contributed by atoms with E-state index in [1.54, 1.807) is 0 Å². The van der Waals surface area contributed by atoms with E-state index in [-0.39, 0.29) is 0 Å². The SMILES string of the molecule is CCCCC(C)n1c2ccc(Br)cc2c2cc(Br)ccc21. The molecule has 0 N–H and O–H groups in total. The van der Waals surface area contributed by atoms with E-state index in [1.807, 2.05) is 0 Å². The fourth-order valence-electron chi connectivity index (χ4n) is 3.10. The van der Waals surface area contributed by atoms with Crippen LogP contribution in [0.15, 0.2) is 45.3 Å². The highest BCUT2D eigenvalue weighted by Gasteiger charge is 2.15. The van der Waals surface area contributed by atoms with Crippen molar-refractivity contribution in [2.24, 2.45) is 0 Å². The zero-order valence-electron chi connectivity index (χ0n) is 12.4. The van der Waals surface area contributed by atoms with Crippen molar-refractivity contribution in [3.8, 4) is 0 Å². The third-order valence-corrected chi connectivity index (χ3v) is 5.13. The van der Waals surface area contributed by atoms with Crippen molar-refractivity contribution in [2.45, 2.75) is 39.2 Å². The van der Waals surface area contributed by atoms with Gasteiger partial charge in [-0.2, -0.15) is 0 Å². The van der Waals surface area contributed by atoms with Crippen molar-refractivity contribution >= 4 is 53.7 Å². The summed E-state index contributed by atoms with van der Waals surface area (Å²) in [7, 11) is 0. The summed E-state index contributed by atoms with van der Waals surface area (Å²) in [6.45, 7) is 4.59. The standard InChI is InChI=1S/C18H19Br2N/c1-3-4-5-12(2)21-17-8-6-13(19)10-15(17)16-11-14(20)7-9-18(16)21/h6-12H,3-5H2,1-2H3. The fourth-order valence-corrected chi connectivity index (χ4v) is 3.82. The van der Waals surface area contributed by atoms with Gasteiger partial charge in [-0.1, -0.05) is 51.6 Å². The highest BCUT2D eigenvalue weighted by Crippen LogP contribution is 2.36. The smallest absolute Gasteiger partial charge is 0.0494 e. The molecule has 0 saturated heterocycles. The van der Waals surface area contributed by atoms with Crippen LogP contribution >= 0.6 is 31.9 Å². The molecule has 3 heteroatoms. The summed E-state index contributed by atoms with van der Waals surface area (Å²) < 4.78 is 4.77. The van der Waals surface area contributed by atoms with Crippen molar-refractivity contribution in [1.29, 1.82) is 0 Å². The van der Waals surface area contributed by atoms with Crippen LogP contribution in [-0.4, -0.2) is 4.57 Å². The van der Waals surface area contributed by atoms with Crippen LogP contribution in [0.2, 0.25) is 0 Å². The molecule has 3 aromatic rings. The monoisotopic (exact) mass is 407 g/mol. The third-order valence-electron chi connectivity index (χ3n) is 4.14. The molecule has 0 aliphatic carbocycles. The average Bonchev–Trinajstić information content (AvgIpc) is 2.78. The number of hydrogen-bond acceptors (Lipinski definition) is 0. The van der Waals surface area contributed by atoms with Gasteiger partial charge in [0.15, 0.2) is 0 Å². The first-order valence-electron chi connectivity index (χ1n) is 7.50. The first kappa shape index (κ1) is 15.1. The van der Waals surface area contributed by atoms with Crippen LogP contribution in [0.5, 0.6) is 0 Å². The second kappa shape index (κ2) is 6.13. The second-order valence-corrected chi connectivity index (χ2v) is 7.52. The van der Waals surface area contributed by atoms with E-state index < -0.39 is 0 Å². The Kier molecular flexibility index (Phi) is 4.41. The lowest BCUT2D eigenvalue weighted by Gasteiger charge is -2.16. The summed E-state index contributed by atoms with van der Waals surface area (Å²) in [5, 5.41) is 2.65. The molecule has 0 aliphatic rings. The van der Waals surface area contributed by atoms with Crippen LogP contribution < -0.4 is 0 Å². The normalized spacial score (nSPS) is 13.1. The molecule has 2 aromatic carbocycles. The molecule has 1 aromatic heterocycles. The van der Waals surface area contributed by atoms with E-state index in [0.29, 0.717) is 6.04 Å². The topological polar surface area (TPSA) is 4.93 Å². The minimum Gasteiger partial charge on any atom is -0.338 e. The first-order valence-corrected chi connectivity index (χ1v) is 9.09. The molecule has 1 atom stereocenters. The van der Waals surface area contributed by atoms with E-state index in [4.69, 9.17) is 0 Å². The number of aromatic nitrogens is 1. The molecule has 0 amide bonds. The molecule has 1 nitrogen and oxygen atoms in total. The molecular formula is C18H19Br2N. The molecule has 1 heterocycles. The molecule has 3 rings (SSSR count). The molecule has 21 heavy (non-hydrogen) atoms. The molecule has 0 saturated carbocycles. The molecule has 0 bridgehead atoms. The van der Waals surface area contributed by atoms with Crippen LogP contribution in [0.3, 0.4) is 0 Å². The Morgan fingerprint density at radius 1 is 0.952 bits per heavy atom. The Bertz CT molecular complexity index is 729. The number of hydrogen-bond donors (Lipinski definition) is 0. The summed E-state index contributed by atoms with van der Waals surface area (Å²) in [5.41, 5.74) is 2.66. The van der Waals surface area contributed by atoms with Gasteiger partial charge in [-0.15, -0.1) is 0 Å². The van der Waals surface area contributed by atoms with Gasteiger partial charge in [0.1, 0.15) is 0 Å². The highest BCUT2D eigenvalue weighted by atomic mass is 79.9. The fraction of sp³-hybridized carbons (Fsp3) is 0.333.